The van der Waals surface area contributed by atoms with Crippen molar-refractivity contribution in [2.24, 2.45) is 7.05 Å². The molecule has 0 amide bonds. The zero-order valence-electron chi connectivity index (χ0n) is 16.1. The number of piperidine rings is 1. The first-order valence-electron chi connectivity index (χ1n) is 9.49. The third-order valence-corrected chi connectivity index (χ3v) is 7.87. The second-order valence-electron chi connectivity index (χ2n) is 7.61. The quantitative estimate of drug-likeness (QED) is 0.675. The van der Waals surface area contributed by atoms with E-state index >= 15 is 0 Å². The topological polar surface area (TPSA) is 42.3 Å². The van der Waals surface area contributed by atoms with Gasteiger partial charge in [-0.05, 0) is 67.5 Å². The number of nitrogens with zero attached hydrogens (tertiary/aromatic N) is 2. The van der Waals surface area contributed by atoms with Crippen molar-refractivity contribution >= 4 is 20.9 Å². The fourth-order valence-corrected chi connectivity index (χ4v) is 5.67. The molecule has 4 rings (SSSR count). The lowest BCUT2D eigenvalue weighted by Gasteiger charge is -2.31. The molecule has 0 spiro atoms. The summed E-state index contributed by atoms with van der Waals surface area (Å²) >= 11 is 0. The summed E-state index contributed by atoms with van der Waals surface area (Å²) in [5, 5.41) is 1.25. The lowest BCUT2D eigenvalue weighted by molar-refractivity contribution is 0.314. The van der Waals surface area contributed by atoms with Gasteiger partial charge in [-0.15, -0.1) is 0 Å². The third kappa shape index (κ3) is 3.19. The molecule has 27 heavy (non-hydrogen) atoms. The van der Waals surface area contributed by atoms with Gasteiger partial charge in [0.1, 0.15) is 0 Å². The Hall–Kier alpha value is -2.11. The Balaban J connectivity index is 1.54. The summed E-state index contributed by atoms with van der Waals surface area (Å²) in [7, 11) is -1.31. The summed E-state index contributed by atoms with van der Waals surface area (Å²) in [5.74, 6) is 0.397. The molecule has 1 fully saturated rings. The minimum atomic E-state index is -3.42. The first-order chi connectivity index (χ1) is 12.9. The molecule has 1 aromatic heterocycles. The second kappa shape index (κ2) is 6.80. The van der Waals surface area contributed by atoms with Crippen LogP contribution in [0.3, 0.4) is 0 Å². The van der Waals surface area contributed by atoms with Gasteiger partial charge in [0.15, 0.2) is 0 Å². The average molecular weight is 383 g/mol. The number of benzene rings is 2. The molecule has 1 saturated heterocycles. The molecule has 1 aliphatic heterocycles. The van der Waals surface area contributed by atoms with Crippen LogP contribution in [0.25, 0.3) is 10.9 Å². The SMILES string of the molecule is Cc1ccc(S(=O)(=O)N2CCC(c3cc4ccccc4n3C)CC2)cc1C. The highest BCUT2D eigenvalue weighted by atomic mass is 32.2. The third-order valence-electron chi connectivity index (χ3n) is 5.98. The van der Waals surface area contributed by atoms with Gasteiger partial charge >= 0.3 is 0 Å². The Labute approximate surface area is 161 Å². The minimum absolute atomic E-state index is 0.397. The minimum Gasteiger partial charge on any atom is -0.347 e. The van der Waals surface area contributed by atoms with Crippen LogP contribution in [-0.2, 0) is 17.1 Å². The van der Waals surface area contributed by atoms with Crippen molar-refractivity contribution in [3.8, 4) is 0 Å². The lowest BCUT2D eigenvalue weighted by atomic mass is 9.94. The first-order valence-corrected chi connectivity index (χ1v) is 10.9. The van der Waals surface area contributed by atoms with Crippen LogP contribution in [-0.4, -0.2) is 30.4 Å². The van der Waals surface area contributed by atoms with Crippen molar-refractivity contribution in [2.75, 3.05) is 13.1 Å². The number of aryl methyl sites for hydroxylation is 3. The maximum absolute atomic E-state index is 13.0. The summed E-state index contributed by atoms with van der Waals surface area (Å²) < 4.78 is 30.0. The molecule has 0 aliphatic carbocycles. The Morgan fingerprint density at radius 1 is 0.926 bits per heavy atom. The van der Waals surface area contributed by atoms with Gasteiger partial charge in [-0.3, -0.25) is 0 Å². The molecule has 2 aromatic carbocycles. The van der Waals surface area contributed by atoms with E-state index in [1.807, 2.05) is 19.9 Å². The zero-order chi connectivity index (χ0) is 19.2. The van der Waals surface area contributed by atoms with Crippen LogP contribution in [0.1, 0.15) is 35.6 Å². The maximum atomic E-state index is 13.0. The predicted octanol–water partition coefficient (Wildman–Crippen LogP) is 4.36. The fraction of sp³-hybridized carbons (Fsp3) is 0.364. The van der Waals surface area contributed by atoms with Crippen LogP contribution in [0.15, 0.2) is 53.4 Å². The van der Waals surface area contributed by atoms with Gasteiger partial charge < -0.3 is 4.57 Å². The van der Waals surface area contributed by atoms with Crippen molar-refractivity contribution < 1.29 is 8.42 Å². The molecule has 2 heterocycles. The van der Waals surface area contributed by atoms with E-state index in [1.54, 1.807) is 16.4 Å². The van der Waals surface area contributed by atoms with E-state index in [4.69, 9.17) is 0 Å². The molecule has 142 valence electrons. The number of sulfonamides is 1. The van der Waals surface area contributed by atoms with Gasteiger partial charge in [-0.2, -0.15) is 4.31 Å². The Bertz CT molecular complexity index is 1090. The van der Waals surface area contributed by atoms with Crippen molar-refractivity contribution in [2.45, 2.75) is 37.5 Å². The van der Waals surface area contributed by atoms with E-state index in [9.17, 15) is 8.42 Å². The highest BCUT2D eigenvalue weighted by molar-refractivity contribution is 7.89. The van der Waals surface area contributed by atoms with Crippen LogP contribution in [0.4, 0.5) is 0 Å². The number of hydrogen-bond donors (Lipinski definition) is 0. The number of hydrogen-bond acceptors (Lipinski definition) is 2. The Morgan fingerprint density at radius 3 is 2.30 bits per heavy atom. The van der Waals surface area contributed by atoms with Gasteiger partial charge in [-0.25, -0.2) is 8.42 Å². The number of aromatic nitrogens is 1. The van der Waals surface area contributed by atoms with Crippen molar-refractivity contribution in [1.29, 1.82) is 0 Å². The lowest BCUT2D eigenvalue weighted by Crippen LogP contribution is -2.38. The van der Waals surface area contributed by atoms with Crippen LogP contribution in [0.5, 0.6) is 0 Å². The molecule has 0 radical (unpaired) electrons. The van der Waals surface area contributed by atoms with E-state index in [0.29, 0.717) is 23.9 Å². The van der Waals surface area contributed by atoms with Crippen LogP contribution >= 0.6 is 0 Å². The summed E-state index contributed by atoms with van der Waals surface area (Å²) in [6.45, 7) is 5.10. The van der Waals surface area contributed by atoms with Crippen molar-refractivity contribution in [3.05, 3.63) is 65.4 Å². The van der Waals surface area contributed by atoms with Gasteiger partial charge in [-0.1, -0.05) is 24.3 Å². The normalized spacial score (nSPS) is 16.9. The van der Waals surface area contributed by atoms with Crippen molar-refractivity contribution in [1.82, 2.24) is 8.87 Å². The highest BCUT2D eigenvalue weighted by Crippen LogP contribution is 2.33. The average Bonchev–Trinajstić information content (AvgIpc) is 3.01. The smallest absolute Gasteiger partial charge is 0.243 e. The molecular weight excluding hydrogens is 356 g/mol. The molecule has 0 saturated carbocycles. The molecule has 0 atom stereocenters. The largest absolute Gasteiger partial charge is 0.347 e. The molecule has 0 bridgehead atoms. The molecule has 0 unspecified atom stereocenters. The first kappa shape index (κ1) is 18.3. The van der Waals surface area contributed by atoms with Gasteiger partial charge in [0.05, 0.1) is 4.90 Å². The van der Waals surface area contributed by atoms with E-state index < -0.39 is 10.0 Å². The van der Waals surface area contributed by atoms with E-state index in [0.717, 1.165) is 24.0 Å². The van der Waals surface area contributed by atoms with Crippen LogP contribution < -0.4 is 0 Å². The van der Waals surface area contributed by atoms with Crippen LogP contribution in [0.2, 0.25) is 0 Å². The number of para-hydroxylation sites is 1. The summed E-state index contributed by atoms with van der Waals surface area (Å²) in [6, 6.07) is 16.1. The maximum Gasteiger partial charge on any atom is 0.243 e. The van der Waals surface area contributed by atoms with E-state index in [1.165, 1.54) is 16.6 Å². The molecule has 0 N–H and O–H groups in total. The monoisotopic (exact) mass is 382 g/mol. The Morgan fingerprint density at radius 2 is 1.63 bits per heavy atom. The van der Waals surface area contributed by atoms with Crippen LogP contribution in [0, 0.1) is 13.8 Å². The predicted molar refractivity (Wildman–Crippen MR) is 110 cm³/mol. The van der Waals surface area contributed by atoms with E-state index in [2.05, 4.69) is 41.9 Å². The standard InChI is InChI=1S/C22H26N2O2S/c1-16-8-9-20(14-17(16)2)27(25,26)24-12-10-18(11-13-24)22-15-19-6-4-5-7-21(19)23(22)3/h4-9,14-15,18H,10-13H2,1-3H3. The van der Waals surface area contributed by atoms with Gasteiger partial charge in [0.2, 0.25) is 10.0 Å². The molecule has 1 aliphatic rings. The summed E-state index contributed by atoms with van der Waals surface area (Å²) in [6.07, 6.45) is 1.71. The number of fused-ring (bicyclic) bond motifs is 1. The highest BCUT2D eigenvalue weighted by Gasteiger charge is 2.31. The zero-order valence-corrected chi connectivity index (χ0v) is 17.0. The fourth-order valence-electron chi connectivity index (χ4n) is 4.12. The van der Waals surface area contributed by atoms with Crippen molar-refractivity contribution in [3.63, 3.8) is 0 Å². The molecule has 3 aromatic rings. The molecule has 4 nitrogen and oxygen atoms in total. The summed E-state index contributed by atoms with van der Waals surface area (Å²) in [4.78, 5) is 0.411. The molecular formula is C22H26N2O2S. The van der Waals surface area contributed by atoms with E-state index in [-0.39, 0.29) is 0 Å². The Kier molecular flexibility index (Phi) is 4.60. The molecule has 5 heteroatoms. The van der Waals surface area contributed by atoms with Gasteiger partial charge in [0, 0.05) is 37.3 Å². The second-order valence-corrected chi connectivity index (χ2v) is 9.55. The number of rotatable bonds is 3. The summed E-state index contributed by atoms with van der Waals surface area (Å²) in [5.41, 5.74) is 4.67. The van der Waals surface area contributed by atoms with Gasteiger partial charge in [0.25, 0.3) is 0 Å².